The van der Waals surface area contributed by atoms with Gasteiger partial charge in [0.2, 0.25) is 0 Å². The third-order valence-electron chi connectivity index (χ3n) is 5.47. The lowest BCUT2D eigenvalue weighted by molar-refractivity contribution is -0.0698. The van der Waals surface area contributed by atoms with Gasteiger partial charge in [-0.2, -0.15) is 0 Å². The highest BCUT2D eigenvalue weighted by atomic mass is 16.5. The summed E-state index contributed by atoms with van der Waals surface area (Å²) < 4.78 is 6.06. The number of ether oxygens (including phenoxy) is 1. The summed E-state index contributed by atoms with van der Waals surface area (Å²) in [6.45, 7) is 0. The van der Waals surface area contributed by atoms with Gasteiger partial charge in [-0.15, -0.1) is 0 Å². The quantitative estimate of drug-likeness (QED) is 0.466. The molecule has 2 rings (SSSR count). The lowest BCUT2D eigenvalue weighted by Gasteiger charge is -2.43. The Morgan fingerprint density at radius 2 is 1.47 bits per heavy atom. The highest BCUT2D eigenvalue weighted by Gasteiger charge is 2.42. The van der Waals surface area contributed by atoms with Gasteiger partial charge in [0, 0.05) is 7.11 Å². The smallest absolute Gasteiger partial charge is 0.0847 e. The molecule has 0 bridgehead atoms. The van der Waals surface area contributed by atoms with Crippen LogP contribution in [0.25, 0.3) is 0 Å². The van der Waals surface area contributed by atoms with Gasteiger partial charge >= 0.3 is 0 Å². The average molecular weight is 268 g/mol. The van der Waals surface area contributed by atoms with Gasteiger partial charge in [-0.1, -0.05) is 51.4 Å². The first-order valence-corrected chi connectivity index (χ1v) is 8.34. The lowest BCUT2D eigenvalue weighted by atomic mass is 9.76. The molecule has 0 amide bonds. The Bertz CT molecular complexity index is 241. The van der Waals surface area contributed by atoms with E-state index in [-0.39, 0.29) is 5.60 Å². The van der Waals surface area contributed by atoms with Crippen molar-refractivity contribution in [1.82, 2.24) is 5.43 Å². The first-order chi connectivity index (χ1) is 9.32. The molecule has 3 heteroatoms. The largest absolute Gasteiger partial charge is 0.377 e. The molecule has 0 aliphatic heterocycles. The van der Waals surface area contributed by atoms with E-state index in [1.54, 1.807) is 0 Å². The second-order valence-electron chi connectivity index (χ2n) is 6.58. The fraction of sp³-hybridized carbons (Fsp3) is 1.00. The van der Waals surface area contributed by atoms with E-state index in [9.17, 15) is 0 Å². The third-order valence-corrected chi connectivity index (χ3v) is 5.47. The number of rotatable bonds is 4. The Hall–Kier alpha value is -0.120. The molecular formula is C16H32N2O. The molecule has 3 nitrogen and oxygen atoms in total. The molecule has 112 valence electrons. The van der Waals surface area contributed by atoms with Crippen LogP contribution in [0.1, 0.15) is 77.0 Å². The van der Waals surface area contributed by atoms with E-state index in [1.165, 1.54) is 77.0 Å². The predicted molar refractivity (Wildman–Crippen MR) is 79.7 cm³/mol. The van der Waals surface area contributed by atoms with Crippen molar-refractivity contribution in [1.29, 1.82) is 0 Å². The van der Waals surface area contributed by atoms with Crippen LogP contribution in [-0.4, -0.2) is 18.8 Å². The maximum atomic E-state index is 6.06. The lowest BCUT2D eigenvalue weighted by Crippen LogP contribution is -2.58. The van der Waals surface area contributed by atoms with E-state index < -0.39 is 0 Å². The molecule has 3 N–H and O–H groups in total. The van der Waals surface area contributed by atoms with Crippen molar-refractivity contribution < 1.29 is 4.74 Å². The molecular weight excluding hydrogens is 236 g/mol. The molecule has 19 heavy (non-hydrogen) atoms. The number of nitrogens with two attached hydrogens (primary N) is 1. The van der Waals surface area contributed by atoms with Crippen LogP contribution < -0.4 is 11.3 Å². The van der Waals surface area contributed by atoms with Gasteiger partial charge < -0.3 is 4.74 Å². The van der Waals surface area contributed by atoms with Crippen molar-refractivity contribution in [3.05, 3.63) is 0 Å². The SMILES string of the molecule is COC1(C(NN)C2CCCCCC2)CCCCCC1. The second kappa shape index (κ2) is 7.61. The zero-order valence-corrected chi connectivity index (χ0v) is 12.6. The third kappa shape index (κ3) is 3.71. The Morgan fingerprint density at radius 1 is 0.947 bits per heavy atom. The van der Waals surface area contributed by atoms with E-state index >= 15 is 0 Å². The molecule has 2 aliphatic rings. The van der Waals surface area contributed by atoms with Crippen molar-refractivity contribution >= 4 is 0 Å². The summed E-state index contributed by atoms with van der Waals surface area (Å²) in [5.41, 5.74) is 3.15. The van der Waals surface area contributed by atoms with Crippen LogP contribution in [-0.2, 0) is 4.74 Å². The van der Waals surface area contributed by atoms with Crippen molar-refractivity contribution in [3.8, 4) is 0 Å². The molecule has 0 heterocycles. The van der Waals surface area contributed by atoms with Gasteiger partial charge in [-0.05, 0) is 31.6 Å². The van der Waals surface area contributed by atoms with Crippen LogP contribution >= 0.6 is 0 Å². The minimum atomic E-state index is -0.0136. The van der Waals surface area contributed by atoms with Gasteiger partial charge in [-0.25, -0.2) is 0 Å². The standard InChI is InChI=1S/C16H32N2O/c1-19-16(12-8-4-5-9-13-16)15(18-17)14-10-6-2-3-7-11-14/h14-15,18H,2-13,17H2,1H3. The molecule has 1 unspecified atom stereocenters. The molecule has 1 atom stereocenters. The Labute approximate surface area is 118 Å². The summed E-state index contributed by atoms with van der Waals surface area (Å²) in [6.07, 6.45) is 15.8. The van der Waals surface area contributed by atoms with Crippen molar-refractivity contribution in [2.45, 2.75) is 88.7 Å². The molecule has 0 radical (unpaired) electrons. The first-order valence-electron chi connectivity index (χ1n) is 8.34. The molecule has 0 saturated heterocycles. The normalized spacial score (nSPS) is 27.5. The Morgan fingerprint density at radius 3 is 1.95 bits per heavy atom. The molecule has 2 aliphatic carbocycles. The van der Waals surface area contributed by atoms with Gasteiger partial charge in [0.1, 0.15) is 0 Å². The van der Waals surface area contributed by atoms with Gasteiger partial charge in [0.15, 0.2) is 0 Å². The number of methoxy groups -OCH3 is 1. The van der Waals surface area contributed by atoms with E-state index in [4.69, 9.17) is 10.6 Å². The number of hydrogen-bond donors (Lipinski definition) is 2. The van der Waals surface area contributed by atoms with Crippen molar-refractivity contribution in [2.24, 2.45) is 11.8 Å². The fourth-order valence-electron chi connectivity index (χ4n) is 4.33. The summed E-state index contributed by atoms with van der Waals surface area (Å²) >= 11 is 0. The minimum absolute atomic E-state index is 0.0136. The maximum absolute atomic E-state index is 6.06. The average Bonchev–Trinajstić information content (AvgIpc) is 2.83. The molecule has 2 saturated carbocycles. The maximum Gasteiger partial charge on any atom is 0.0847 e. The molecule has 0 aromatic rings. The van der Waals surface area contributed by atoms with Gasteiger partial charge in [0.05, 0.1) is 11.6 Å². The topological polar surface area (TPSA) is 47.3 Å². The van der Waals surface area contributed by atoms with Crippen molar-refractivity contribution in [2.75, 3.05) is 7.11 Å². The number of nitrogens with one attached hydrogen (secondary N) is 1. The van der Waals surface area contributed by atoms with Crippen LogP contribution in [0.3, 0.4) is 0 Å². The number of hydrogen-bond acceptors (Lipinski definition) is 3. The van der Waals surface area contributed by atoms with E-state index in [1.807, 2.05) is 7.11 Å². The first kappa shape index (κ1) is 15.3. The zero-order valence-electron chi connectivity index (χ0n) is 12.6. The highest BCUT2D eigenvalue weighted by molar-refractivity contribution is 4.97. The summed E-state index contributed by atoms with van der Waals surface area (Å²) in [5.74, 6) is 6.67. The van der Waals surface area contributed by atoms with Crippen LogP contribution in [0.5, 0.6) is 0 Å². The summed E-state index contributed by atoms with van der Waals surface area (Å²) in [6, 6.07) is 0.341. The Kier molecular flexibility index (Phi) is 6.11. The fourth-order valence-corrected chi connectivity index (χ4v) is 4.33. The van der Waals surface area contributed by atoms with Crippen LogP contribution in [0.4, 0.5) is 0 Å². The molecule has 0 spiro atoms. The summed E-state index contributed by atoms with van der Waals surface area (Å²) in [4.78, 5) is 0. The minimum Gasteiger partial charge on any atom is -0.377 e. The van der Waals surface area contributed by atoms with Gasteiger partial charge in [-0.3, -0.25) is 11.3 Å². The van der Waals surface area contributed by atoms with Gasteiger partial charge in [0.25, 0.3) is 0 Å². The molecule has 0 aromatic heterocycles. The monoisotopic (exact) mass is 268 g/mol. The number of hydrazine groups is 1. The molecule has 2 fully saturated rings. The van der Waals surface area contributed by atoms with E-state index in [0.717, 1.165) is 0 Å². The summed E-state index contributed by atoms with van der Waals surface area (Å²) in [7, 11) is 1.90. The zero-order chi connectivity index (χ0) is 13.6. The van der Waals surface area contributed by atoms with Crippen LogP contribution in [0.15, 0.2) is 0 Å². The summed E-state index contributed by atoms with van der Waals surface area (Å²) in [5, 5.41) is 0. The van der Waals surface area contributed by atoms with E-state index in [0.29, 0.717) is 12.0 Å². The van der Waals surface area contributed by atoms with E-state index in [2.05, 4.69) is 5.43 Å². The highest BCUT2D eigenvalue weighted by Crippen LogP contribution is 2.39. The molecule has 0 aromatic carbocycles. The van der Waals surface area contributed by atoms with Crippen LogP contribution in [0, 0.1) is 5.92 Å². The van der Waals surface area contributed by atoms with Crippen molar-refractivity contribution in [3.63, 3.8) is 0 Å². The second-order valence-corrected chi connectivity index (χ2v) is 6.58. The van der Waals surface area contributed by atoms with Crippen LogP contribution in [0.2, 0.25) is 0 Å². The predicted octanol–water partition coefficient (Wildman–Crippen LogP) is 3.53. The Balaban J connectivity index is 2.11.